The van der Waals surface area contributed by atoms with E-state index in [-0.39, 0.29) is 23.5 Å². The molecule has 2 N–H and O–H groups in total. The summed E-state index contributed by atoms with van der Waals surface area (Å²) in [7, 11) is 3.66. The molecular formula is C31H41F3N6O2. The predicted octanol–water partition coefficient (Wildman–Crippen LogP) is 5.20. The average molecular weight is 587 g/mol. The summed E-state index contributed by atoms with van der Waals surface area (Å²) in [6, 6.07) is 10.1. The highest BCUT2D eigenvalue weighted by molar-refractivity contribution is 6.10. The van der Waals surface area contributed by atoms with Crippen molar-refractivity contribution in [3.05, 3.63) is 64.2 Å². The lowest BCUT2D eigenvalue weighted by molar-refractivity contribution is -0.138. The summed E-state index contributed by atoms with van der Waals surface area (Å²) in [5.74, 6) is -0.186. The third kappa shape index (κ3) is 6.68. The Kier molecular flexibility index (Phi) is 9.74. The number of benzene rings is 2. The van der Waals surface area contributed by atoms with Gasteiger partial charge >= 0.3 is 6.18 Å². The number of piperazine rings is 1. The molecule has 2 saturated heterocycles. The van der Waals surface area contributed by atoms with Crippen LogP contribution >= 0.6 is 0 Å². The number of nitrogens with zero attached hydrogens (tertiary/aromatic N) is 4. The van der Waals surface area contributed by atoms with E-state index in [0.717, 1.165) is 38.1 Å². The number of likely N-dealkylation sites (N-methyl/N-ethyl adjacent to an activating group) is 1. The second-order valence-electron chi connectivity index (χ2n) is 11.5. The SMILES string of the molecule is CCC.CN1CCN(Cc2cc3c(c(C(F)(F)F)c2)CN(c2cccc(C4(CC(=N)N(C)C=N)COC4)c2)C3=O)CC1. The Bertz CT molecular complexity index is 1300. The zero-order valence-electron chi connectivity index (χ0n) is 24.9. The lowest BCUT2D eigenvalue weighted by Gasteiger charge is -2.43. The van der Waals surface area contributed by atoms with Crippen LogP contribution in [0.3, 0.4) is 0 Å². The minimum absolute atomic E-state index is 0.0103. The van der Waals surface area contributed by atoms with Crippen molar-refractivity contribution in [2.75, 3.05) is 58.4 Å². The number of amides is 1. The predicted molar refractivity (Wildman–Crippen MR) is 159 cm³/mol. The van der Waals surface area contributed by atoms with Crippen LogP contribution in [0.2, 0.25) is 0 Å². The molecule has 3 aliphatic heterocycles. The van der Waals surface area contributed by atoms with Crippen molar-refractivity contribution in [2.24, 2.45) is 0 Å². The number of halogens is 3. The molecule has 0 aromatic heterocycles. The fraction of sp³-hybridized carbons (Fsp3) is 0.516. The van der Waals surface area contributed by atoms with Crippen molar-refractivity contribution in [3.63, 3.8) is 0 Å². The van der Waals surface area contributed by atoms with Gasteiger partial charge in [0.05, 0.1) is 31.7 Å². The summed E-state index contributed by atoms with van der Waals surface area (Å²) in [4.78, 5) is 20.7. The van der Waals surface area contributed by atoms with Crippen molar-refractivity contribution in [3.8, 4) is 0 Å². The molecule has 0 spiro atoms. The molecule has 2 fully saturated rings. The van der Waals surface area contributed by atoms with E-state index in [1.807, 2.05) is 19.2 Å². The Labute approximate surface area is 246 Å². The van der Waals surface area contributed by atoms with E-state index in [1.165, 1.54) is 22.3 Å². The number of ether oxygens (including phenoxy) is 1. The van der Waals surface area contributed by atoms with Crippen LogP contribution < -0.4 is 4.90 Å². The molecule has 1 amide bonds. The third-order valence-corrected chi connectivity index (χ3v) is 8.06. The number of hydrogen-bond donors (Lipinski definition) is 2. The first-order chi connectivity index (χ1) is 19.9. The monoisotopic (exact) mass is 586 g/mol. The molecule has 0 bridgehead atoms. The lowest BCUT2D eigenvalue weighted by atomic mass is 9.75. The molecular weight excluding hydrogens is 545 g/mol. The van der Waals surface area contributed by atoms with Gasteiger partial charge < -0.3 is 19.4 Å². The van der Waals surface area contributed by atoms with Gasteiger partial charge in [0.2, 0.25) is 0 Å². The van der Waals surface area contributed by atoms with Gasteiger partial charge in [-0.2, -0.15) is 13.2 Å². The van der Waals surface area contributed by atoms with Crippen LogP contribution in [-0.4, -0.2) is 86.3 Å². The molecule has 11 heteroatoms. The number of anilines is 1. The molecule has 8 nitrogen and oxygen atoms in total. The number of amidine groups is 1. The van der Waals surface area contributed by atoms with Crippen LogP contribution in [0.15, 0.2) is 36.4 Å². The standard InChI is InChI=1S/C28H33F3N6O2.C3H8/c1-34-6-8-36(9-7-34)14-19-10-22-23(24(11-19)28(29,30)31)15-37(26(22)38)21-5-3-4-20(12-21)27(16-39-17-27)13-25(33)35(2)18-32;1-3-2/h3-5,10-12,18,32-33H,6-9,13-17H2,1-2H3;3H2,1-2H3. The number of carbonyl (C=O) groups excluding carboxylic acids is 1. The van der Waals surface area contributed by atoms with E-state index in [9.17, 15) is 18.0 Å². The molecule has 0 atom stereocenters. The summed E-state index contributed by atoms with van der Waals surface area (Å²) in [5, 5.41) is 15.7. The van der Waals surface area contributed by atoms with E-state index >= 15 is 0 Å². The maximum absolute atomic E-state index is 14.2. The molecule has 3 aliphatic rings. The van der Waals surface area contributed by atoms with Crippen LogP contribution in [0.5, 0.6) is 0 Å². The molecule has 0 aliphatic carbocycles. The Balaban J connectivity index is 0.00000129. The number of alkyl halides is 3. The average Bonchev–Trinajstić information content (AvgIpc) is 3.27. The van der Waals surface area contributed by atoms with Crippen LogP contribution in [0.25, 0.3) is 0 Å². The highest BCUT2D eigenvalue weighted by Crippen LogP contribution is 2.42. The molecule has 0 radical (unpaired) electrons. The van der Waals surface area contributed by atoms with E-state index in [0.29, 0.717) is 37.4 Å². The molecule has 5 rings (SSSR count). The second kappa shape index (κ2) is 12.9. The molecule has 2 aromatic carbocycles. The first kappa shape index (κ1) is 31.7. The summed E-state index contributed by atoms with van der Waals surface area (Å²) in [6.07, 6.45) is -1.92. The molecule has 228 valence electrons. The lowest BCUT2D eigenvalue weighted by Crippen LogP contribution is -2.49. The molecule has 3 heterocycles. The second-order valence-corrected chi connectivity index (χ2v) is 11.5. The zero-order valence-corrected chi connectivity index (χ0v) is 24.9. The number of carbonyl (C=O) groups is 1. The van der Waals surface area contributed by atoms with E-state index in [2.05, 4.69) is 23.6 Å². The Morgan fingerprint density at radius 3 is 2.36 bits per heavy atom. The van der Waals surface area contributed by atoms with Gasteiger partial charge in [0.1, 0.15) is 5.84 Å². The fourth-order valence-corrected chi connectivity index (χ4v) is 5.53. The maximum atomic E-state index is 14.2. The summed E-state index contributed by atoms with van der Waals surface area (Å²) < 4.78 is 48.1. The van der Waals surface area contributed by atoms with E-state index in [4.69, 9.17) is 15.6 Å². The Morgan fingerprint density at radius 1 is 1.12 bits per heavy atom. The van der Waals surface area contributed by atoms with Crippen molar-refractivity contribution >= 4 is 23.8 Å². The van der Waals surface area contributed by atoms with Gasteiger partial charge in [-0.1, -0.05) is 32.4 Å². The highest BCUT2D eigenvalue weighted by Gasteiger charge is 2.43. The van der Waals surface area contributed by atoms with Crippen molar-refractivity contribution in [1.29, 1.82) is 10.8 Å². The minimum Gasteiger partial charge on any atom is -0.379 e. The summed E-state index contributed by atoms with van der Waals surface area (Å²) in [5.41, 5.74) is 0.738. The van der Waals surface area contributed by atoms with Gasteiger partial charge in [-0.25, -0.2) is 0 Å². The van der Waals surface area contributed by atoms with Gasteiger partial charge in [0, 0.05) is 62.9 Å². The topological polar surface area (TPSA) is 87.0 Å². The van der Waals surface area contributed by atoms with Gasteiger partial charge in [-0.05, 0) is 48.0 Å². The van der Waals surface area contributed by atoms with Crippen molar-refractivity contribution in [2.45, 2.75) is 51.4 Å². The minimum atomic E-state index is -4.57. The summed E-state index contributed by atoms with van der Waals surface area (Å²) >= 11 is 0. The Hall–Kier alpha value is -3.28. The van der Waals surface area contributed by atoms with Crippen LogP contribution in [0.4, 0.5) is 18.9 Å². The van der Waals surface area contributed by atoms with Crippen LogP contribution in [0, 0.1) is 10.8 Å². The largest absolute Gasteiger partial charge is 0.416 e. The normalized spacial score (nSPS) is 18.5. The quantitative estimate of drug-likeness (QED) is 0.344. The fourth-order valence-electron chi connectivity index (χ4n) is 5.53. The number of rotatable bonds is 7. The first-order valence-electron chi connectivity index (χ1n) is 14.4. The van der Waals surface area contributed by atoms with Gasteiger partial charge in [-0.15, -0.1) is 0 Å². The first-order valence-corrected chi connectivity index (χ1v) is 14.4. The molecule has 42 heavy (non-hydrogen) atoms. The van der Waals surface area contributed by atoms with Crippen LogP contribution in [0.1, 0.15) is 59.3 Å². The smallest absolute Gasteiger partial charge is 0.379 e. The van der Waals surface area contributed by atoms with Crippen molar-refractivity contribution < 1.29 is 22.7 Å². The molecule has 2 aromatic rings. The number of nitrogens with one attached hydrogen (secondary N) is 2. The van der Waals surface area contributed by atoms with Gasteiger partial charge in [0.25, 0.3) is 5.91 Å². The van der Waals surface area contributed by atoms with Gasteiger partial charge in [-0.3, -0.25) is 20.5 Å². The molecule has 0 unspecified atom stereocenters. The number of hydrogen-bond acceptors (Lipinski definition) is 6. The number of fused-ring (bicyclic) bond motifs is 1. The highest BCUT2D eigenvalue weighted by atomic mass is 19.4. The summed E-state index contributed by atoms with van der Waals surface area (Å²) in [6.45, 7) is 8.45. The zero-order chi connectivity index (χ0) is 30.7. The van der Waals surface area contributed by atoms with Crippen molar-refractivity contribution in [1.82, 2.24) is 14.7 Å². The Morgan fingerprint density at radius 2 is 1.79 bits per heavy atom. The third-order valence-electron chi connectivity index (χ3n) is 8.06. The molecule has 0 saturated carbocycles. The maximum Gasteiger partial charge on any atom is 0.416 e. The van der Waals surface area contributed by atoms with Crippen LogP contribution in [-0.2, 0) is 29.4 Å². The van der Waals surface area contributed by atoms with E-state index < -0.39 is 23.1 Å². The van der Waals surface area contributed by atoms with E-state index in [1.54, 1.807) is 25.2 Å². The van der Waals surface area contributed by atoms with Gasteiger partial charge in [0.15, 0.2) is 0 Å².